The standard InChI is InChI=1S/C15H18F3N5O2/c1-21-14(20)23-13(24)12-7-9-10(15(16,17)18)5-8(6-11(9)22-12)25-4-2-3-19/h5-7,22H,2-4,19H2,1H3,(H3,20,21,23,24). The number of ether oxygens (including phenoxy) is 1. The molecular weight excluding hydrogens is 339 g/mol. The Balaban J connectivity index is 2.45. The van der Waals surface area contributed by atoms with Gasteiger partial charge in [0.05, 0.1) is 17.7 Å². The number of guanidine groups is 1. The molecule has 2 aromatic rings. The van der Waals surface area contributed by atoms with Gasteiger partial charge in [-0.3, -0.25) is 15.1 Å². The van der Waals surface area contributed by atoms with E-state index in [0.29, 0.717) is 13.0 Å². The summed E-state index contributed by atoms with van der Waals surface area (Å²) in [5, 5.41) is 2.11. The Hall–Kier alpha value is -2.75. The number of alkyl halides is 3. The number of nitrogens with two attached hydrogens (primary N) is 2. The number of H-pyrrole nitrogens is 1. The Morgan fingerprint density at radius 2 is 2.08 bits per heavy atom. The highest BCUT2D eigenvalue weighted by atomic mass is 19.4. The van der Waals surface area contributed by atoms with Crippen molar-refractivity contribution in [3.8, 4) is 5.75 Å². The van der Waals surface area contributed by atoms with Crippen molar-refractivity contribution in [1.29, 1.82) is 0 Å². The van der Waals surface area contributed by atoms with Crippen LogP contribution in [0.2, 0.25) is 0 Å². The molecule has 1 aromatic heterocycles. The molecule has 0 bridgehead atoms. The van der Waals surface area contributed by atoms with Crippen LogP contribution in [0.15, 0.2) is 23.2 Å². The number of nitrogens with zero attached hydrogens (tertiary/aromatic N) is 1. The predicted octanol–water partition coefficient (Wildman–Crippen LogP) is 1.59. The van der Waals surface area contributed by atoms with E-state index in [4.69, 9.17) is 16.2 Å². The van der Waals surface area contributed by atoms with Gasteiger partial charge < -0.3 is 21.2 Å². The van der Waals surface area contributed by atoms with Crippen LogP contribution in [0.4, 0.5) is 13.2 Å². The molecule has 1 aromatic carbocycles. The van der Waals surface area contributed by atoms with Crippen LogP contribution in [0.5, 0.6) is 5.75 Å². The second-order valence-corrected chi connectivity index (χ2v) is 5.17. The highest BCUT2D eigenvalue weighted by molar-refractivity contribution is 6.06. The molecule has 0 aliphatic heterocycles. The first-order chi connectivity index (χ1) is 11.8. The second kappa shape index (κ2) is 7.43. The smallest absolute Gasteiger partial charge is 0.417 e. The molecule has 0 fully saturated rings. The second-order valence-electron chi connectivity index (χ2n) is 5.17. The third-order valence-electron chi connectivity index (χ3n) is 3.36. The summed E-state index contributed by atoms with van der Waals surface area (Å²) < 4.78 is 45.3. The van der Waals surface area contributed by atoms with Gasteiger partial charge in [-0.05, 0) is 25.1 Å². The van der Waals surface area contributed by atoms with Gasteiger partial charge in [0.2, 0.25) is 0 Å². The van der Waals surface area contributed by atoms with Crippen molar-refractivity contribution in [1.82, 2.24) is 10.3 Å². The van der Waals surface area contributed by atoms with E-state index in [1.54, 1.807) is 0 Å². The van der Waals surface area contributed by atoms with Crippen molar-refractivity contribution in [2.45, 2.75) is 12.6 Å². The molecule has 136 valence electrons. The number of hydrogen-bond donors (Lipinski definition) is 4. The lowest BCUT2D eigenvalue weighted by atomic mass is 10.1. The lowest BCUT2D eigenvalue weighted by Gasteiger charge is -2.11. The van der Waals surface area contributed by atoms with E-state index in [9.17, 15) is 18.0 Å². The maximum Gasteiger partial charge on any atom is 0.417 e. The fourth-order valence-electron chi connectivity index (χ4n) is 2.16. The number of hydrogen-bond acceptors (Lipinski definition) is 4. The summed E-state index contributed by atoms with van der Waals surface area (Å²) in [6, 6.07) is 3.41. The van der Waals surface area contributed by atoms with Crippen LogP contribution in [0.3, 0.4) is 0 Å². The van der Waals surface area contributed by atoms with Gasteiger partial charge in [-0.25, -0.2) is 0 Å². The molecule has 0 spiro atoms. The van der Waals surface area contributed by atoms with E-state index >= 15 is 0 Å². The molecular formula is C15H18F3N5O2. The van der Waals surface area contributed by atoms with Crippen LogP contribution in [0.25, 0.3) is 10.9 Å². The average Bonchev–Trinajstić information content (AvgIpc) is 2.97. The summed E-state index contributed by atoms with van der Waals surface area (Å²) in [7, 11) is 1.37. The summed E-state index contributed by atoms with van der Waals surface area (Å²) in [6.07, 6.45) is -4.10. The Morgan fingerprint density at radius 1 is 1.36 bits per heavy atom. The highest BCUT2D eigenvalue weighted by Gasteiger charge is 2.34. The highest BCUT2D eigenvalue weighted by Crippen LogP contribution is 2.38. The zero-order chi connectivity index (χ0) is 18.6. The number of fused-ring (bicyclic) bond motifs is 1. The van der Waals surface area contributed by atoms with Crippen LogP contribution >= 0.6 is 0 Å². The van der Waals surface area contributed by atoms with Crippen LogP contribution in [-0.4, -0.2) is 37.1 Å². The largest absolute Gasteiger partial charge is 0.493 e. The Morgan fingerprint density at radius 3 is 2.68 bits per heavy atom. The molecule has 0 saturated heterocycles. The minimum Gasteiger partial charge on any atom is -0.493 e. The van der Waals surface area contributed by atoms with Crippen LogP contribution in [-0.2, 0) is 6.18 Å². The van der Waals surface area contributed by atoms with Crippen molar-refractivity contribution in [2.24, 2.45) is 16.5 Å². The molecule has 0 atom stereocenters. The van der Waals surface area contributed by atoms with Crippen molar-refractivity contribution >= 4 is 22.8 Å². The van der Waals surface area contributed by atoms with Crippen molar-refractivity contribution in [3.63, 3.8) is 0 Å². The first-order valence-corrected chi connectivity index (χ1v) is 7.36. The maximum absolute atomic E-state index is 13.3. The third kappa shape index (κ3) is 4.41. The lowest BCUT2D eigenvalue weighted by molar-refractivity contribution is -0.136. The Bertz CT molecular complexity index is 798. The number of aromatic nitrogens is 1. The minimum atomic E-state index is -4.61. The fourth-order valence-corrected chi connectivity index (χ4v) is 2.16. The van der Waals surface area contributed by atoms with Gasteiger partial charge >= 0.3 is 6.18 Å². The summed E-state index contributed by atoms with van der Waals surface area (Å²) in [4.78, 5) is 18.2. The van der Waals surface area contributed by atoms with Gasteiger partial charge in [0, 0.05) is 18.5 Å². The SMILES string of the molecule is CN=C(N)NC(=O)c1cc2c(C(F)(F)F)cc(OCCCN)cc2[nH]1. The number of benzene rings is 1. The predicted molar refractivity (Wildman–Crippen MR) is 87.5 cm³/mol. The first-order valence-electron chi connectivity index (χ1n) is 7.36. The van der Waals surface area contributed by atoms with Crippen molar-refractivity contribution in [3.05, 3.63) is 29.5 Å². The van der Waals surface area contributed by atoms with Crippen LogP contribution in [0.1, 0.15) is 22.5 Å². The summed E-state index contributed by atoms with van der Waals surface area (Å²) in [5.41, 5.74) is 9.87. The summed E-state index contributed by atoms with van der Waals surface area (Å²) >= 11 is 0. The number of carbonyl (C=O) groups excluding carboxylic acids is 1. The van der Waals surface area contributed by atoms with Gasteiger partial charge in [0.1, 0.15) is 11.4 Å². The Kier molecular flexibility index (Phi) is 5.52. The molecule has 1 heterocycles. The third-order valence-corrected chi connectivity index (χ3v) is 3.36. The number of aliphatic imine (C=N–C) groups is 1. The molecule has 0 saturated carbocycles. The zero-order valence-corrected chi connectivity index (χ0v) is 13.4. The van der Waals surface area contributed by atoms with Gasteiger partial charge in [-0.15, -0.1) is 0 Å². The number of carbonyl (C=O) groups is 1. The monoisotopic (exact) mass is 357 g/mol. The van der Waals surface area contributed by atoms with E-state index in [1.165, 1.54) is 13.1 Å². The fraction of sp³-hybridized carbons (Fsp3) is 0.333. The number of aromatic amines is 1. The van der Waals surface area contributed by atoms with Gasteiger partial charge in [-0.1, -0.05) is 0 Å². The number of halogens is 3. The number of amides is 1. The van der Waals surface area contributed by atoms with Crippen LogP contribution < -0.4 is 21.5 Å². The van der Waals surface area contributed by atoms with E-state index < -0.39 is 17.6 Å². The first kappa shape index (κ1) is 18.6. The quantitative estimate of drug-likeness (QED) is 0.369. The molecule has 0 aliphatic rings. The van der Waals surface area contributed by atoms with E-state index in [1.807, 2.05) is 0 Å². The van der Waals surface area contributed by atoms with Gasteiger partial charge in [0.25, 0.3) is 5.91 Å². The zero-order valence-electron chi connectivity index (χ0n) is 13.4. The topological polar surface area (TPSA) is 119 Å². The molecule has 2 rings (SSSR count). The summed E-state index contributed by atoms with van der Waals surface area (Å²) in [6.45, 7) is 0.554. The number of rotatable bonds is 5. The van der Waals surface area contributed by atoms with Crippen LogP contribution in [0, 0.1) is 0 Å². The van der Waals surface area contributed by atoms with Crippen molar-refractivity contribution < 1.29 is 22.7 Å². The maximum atomic E-state index is 13.3. The number of nitrogens with one attached hydrogen (secondary N) is 2. The molecule has 10 heteroatoms. The molecule has 0 radical (unpaired) electrons. The molecule has 7 nitrogen and oxygen atoms in total. The van der Waals surface area contributed by atoms with Gasteiger partial charge in [-0.2, -0.15) is 13.2 Å². The molecule has 0 unspecified atom stereocenters. The van der Waals surface area contributed by atoms with Crippen molar-refractivity contribution in [2.75, 3.05) is 20.2 Å². The van der Waals surface area contributed by atoms with E-state index in [-0.39, 0.29) is 34.9 Å². The Labute approximate surface area is 141 Å². The average molecular weight is 357 g/mol. The molecule has 25 heavy (non-hydrogen) atoms. The molecule has 6 N–H and O–H groups in total. The minimum absolute atomic E-state index is 0.0386. The molecule has 1 amide bonds. The summed E-state index contributed by atoms with van der Waals surface area (Å²) in [5.74, 6) is -0.805. The van der Waals surface area contributed by atoms with E-state index in [0.717, 1.165) is 12.1 Å². The molecule has 0 aliphatic carbocycles. The normalized spacial score (nSPS) is 12.4. The van der Waals surface area contributed by atoms with E-state index in [2.05, 4.69) is 15.3 Å². The van der Waals surface area contributed by atoms with Gasteiger partial charge in [0.15, 0.2) is 5.96 Å². The lowest BCUT2D eigenvalue weighted by Crippen LogP contribution is -2.36.